The van der Waals surface area contributed by atoms with Crippen LogP contribution >= 0.6 is 0 Å². The van der Waals surface area contributed by atoms with E-state index >= 15 is 0 Å². The van der Waals surface area contributed by atoms with Crippen LogP contribution in [0.2, 0.25) is 0 Å². The van der Waals surface area contributed by atoms with Gasteiger partial charge in [0.2, 0.25) is 0 Å². The van der Waals surface area contributed by atoms with E-state index in [0.717, 1.165) is 0 Å². The highest BCUT2D eigenvalue weighted by Crippen LogP contribution is 2.28. The van der Waals surface area contributed by atoms with Crippen LogP contribution in [0.3, 0.4) is 0 Å². The van der Waals surface area contributed by atoms with Crippen LogP contribution < -0.4 is 21.6 Å². The average molecular weight is 381 g/mol. The topological polar surface area (TPSA) is 110 Å². The van der Waals surface area contributed by atoms with Gasteiger partial charge in [-0.3, -0.25) is 5.32 Å². The van der Waals surface area contributed by atoms with Gasteiger partial charge in [0.25, 0.3) is 0 Å². The molecule has 2 amide bonds. The van der Waals surface area contributed by atoms with Crippen molar-refractivity contribution in [1.82, 2.24) is 0 Å². The van der Waals surface area contributed by atoms with Crippen molar-refractivity contribution in [2.45, 2.75) is 6.92 Å². The molecule has 0 saturated heterocycles. The zero-order chi connectivity index (χ0) is 20.1. The summed E-state index contributed by atoms with van der Waals surface area (Å²) in [6, 6.07) is 12.7. The van der Waals surface area contributed by atoms with Gasteiger partial charge in [-0.2, -0.15) is 0 Å². The Morgan fingerprint density at radius 1 is 1.00 bits per heavy atom. The zero-order valence-electron chi connectivity index (χ0n) is 15.4. The molecule has 144 valence electrons. The van der Waals surface area contributed by atoms with Crippen LogP contribution in [0.4, 0.5) is 21.9 Å². The molecule has 2 aromatic carbocycles. The fourth-order valence-electron chi connectivity index (χ4n) is 2.77. The van der Waals surface area contributed by atoms with E-state index in [1.54, 1.807) is 42.5 Å². The summed E-state index contributed by atoms with van der Waals surface area (Å²) in [5.74, 6) is -0.588. The largest absolute Gasteiger partial charge is 0.465 e. The minimum absolute atomic E-state index is 0.0198. The maximum absolute atomic E-state index is 12.5. The summed E-state index contributed by atoms with van der Waals surface area (Å²) in [6.45, 7) is 2.41. The molecule has 0 bridgehead atoms. The predicted molar refractivity (Wildman–Crippen MR) is 107 cm³/mol. The van der Waals surface area contributed by atoms with Crippen LogP contribution in [0.25, 0.3) is 11.0 Å². The van der Waals surface area contributed by atoms with Crippen LogP contribution in [0.1, 0.15) is 17.3 Å². The van der Waals surface area contributed by atoms with Gasteiger partial charge in [0.1, 0.15) is 5.58 Å². The first-order valence-corrected chi connectivity index (χ1v) is 8.60. The van der Waals surface area contributed by atoms with Gasteiger partial charge < -0.3 is 19.8 Å². The molecule has 0 unspecified atom stereocenters. The van der Waals surface area contributed by atoms with Gasteiger partial charge in [-0.1, -0.05) is 24.3 Å². The molecule has 0 saturated carbocycles. The lowest BCUT2D eigenvalue weighted by Crippen LogP contribution is -2.25. The fraction of sp³-hybridized carbons (Fsp3) is 0.150. The van der Waals surface area contributed by atoms with Crippen molar-refractivity contribution in [3.8, 4) is 0 Å². The maximum Gasteiger partial charge on any atom is 0.362 e. The number of hydrogen-bond acceptors (Lipinski definition) is 6. The molecule has 3 aromatic rings. The Morgan fingerprint density at radius 3 is 2.46 bits per heavy atom. The lowest BCUT2D eigenvalue weighted by atomic mass is 10.1. The number of carbonyl (C=O) groups is 2. The van der Waals surface area contributed by atoms with E-state index in [1.165, 1.54) is 13.2 Å². The fourth-order valence-corrected chi connectivity index (χ4v) is 2.77. The summed E-state index contributed by atoms with van der Waals surface area (Å²) < 4.78 is 10.0. The van der Waals surface area contributed by atoms with Crippen LogP contribution in [0.15, 0.2) is 57.7 Å². The van der Waals surface area contributed by atoms with Crippen molar-refractivity contribution < 1.29 is 18.7 Å². The first-order chi connectivity index (χ1) is 13.5. The van der Waals surface area contributed by atoms with Crippen molar-refractivity contribution in [2.75, 3.05) is 29.6 Å². The van der Waals surface area contributed by atoms with E-state index in [4.69, 9.17) is 9.15 Å². The predicted octanol–water partition coefficient (Wildman–Crippen LogP) is 3.66. The number of benzene rings is 2. The molecule has 1 heterocycles. The molecule has 3 rings (SSSR count). The lowest BCUT2D eigenvalue weighted by molar-refractivity contribution is 0.0602. The summed E-state index contributed by atoms with van der Waals surface area (Å²) in [6.07, 6.45) is 0. The average Bonchev–Trinajstić information content (AvgIpc) is 2.70. The summed E-state index contributed by atoms with van der Waals surface area (Å²) in [5.41, 5.74) is 0.607. The minimum atomic E-state index is -0.696. The summed E-state index contributed by atoms with van der Waals surface area (Å²) in [7, 11) is 1.25. The molecule has 1 aromatic heterocycles. The number of amides is 2. The molecule has 0 radical (unpaired) electrons. The molecular formula is C20H19N3O5. The molecule has 8 nitrogen and oxygen atoms in total. The Morgan fingerprint density at radius 2 is 1.71 bits per heavy atom. The minimum Gasteiger partial charge on any atom is -0.465 e. The van der Waals surface area contributed by atoms with Crippen molar-refractivity contribution in [3.63, 3.8) is 0 Å². The van der Waals surface area contributed by atoms with Gasteiger partial charge in [0.05, 0.1) is 24.0 Å². The molecule has 8 heteroatoms. The third-order valence-corrected chi connectivity index (χ3v) is 3.99. The Kier molecular flexibility index (Phi) is 5.59. The van der Waals surface area contributed by atoms with Gasteiger partial charge in [0.15, 0.2) is 5.69 Å². The third kappa shape index (κ3) is 3.80. The summed E-state index contributed by atoms with van der Waals surface area (Å²) in [5, 5.41) is 8.83. The van der Waals surface area contributed by atoms with Gasteiger partial charge in [-0.05, 0) is 31.2 Å². The number of anilines is 3. The number of ether oxygens (including phenoxy) is 1. The number of fused-ring (bicyclic) bond motifs is 1. The van der Waals surface area contributed by atoms with E-state index in [0.29, 0.717) is 23.2 Å². The van der Waals surface area contributed by atoms with E-state index in [-0.39, 0.29) is 16.9 Å². The second-order valence-electron chi connectivity index (χ2n) is 5.78. The standard InChI is InChI=1S/C20H19N3O5/c1-3-21-16-13-9-5-7-11-15(13)28-19(25)17(16)23-20(26)22-14-10-6-4-8-12(14)18(24)27-2/h4-11,21H,3H2,1-2H3,(H2,22,23,26). The SMILES string of the molecule is CCNc1c(NC(=O)Nc2ccccc2C(=O)OC)c(=O)oc2ccccc12. The number of urea groups is 1. The summed E-state index contributed by atoms with van der Waals surface area (Å²) in [4.78, 5) is 36.8. The monoisotopic (exact) mass is 381 g/mol. The maximum atomic E-state index is 12.5. The number of carbonyl (C=O) groups excluding carboxylic acids is 2. The number of nitrogens with one attached hydrogen (secondary N) is 3. The Bertz CT molecular complexity index is 1090. The molecule has 0 aliphatic rings. The Balaban J connectivity index is 1.94. The van der Waals surface area contributed by atoms with Crippen molar-refractivity contribution in [1.29, 1.82) is 0 Å². The van der Waals surface area contributed by atoms with Gasteiger partial charge in [-0.25, -0.2) is 14.4 Å². The van der Waals surface area contributed by atoms with Crippen LogP contribution in [0, 0.1) is 0 Å². The first-order valence-electron chi connectivity index (χ1n) is 8.60. The molecule has 0 aliphatic carbocycles. The first kappa shape index (κ1) is 19.0. The smallest absolute Gasteiger partial charge is 0.362 e. The van der Waals surface area contributed by atoms with E-state index in [9.17, 15) is 14.4 Å². The second-order valence-corrected chi connectivity index (χ2v) is 5.78. The van der Waals surface area contributed by atoms with Crippen LogP contribution in [-0.4, -0.2) is 25.7 Å². The van der Waals surface area contributed by atoms with Crippen molar-refractivity contribution in [3.05, 3.63) is 64.5 Å². The second kappa shape index (κ2) is 8.26. The number of methoxy groups -OCH3 is 1. The Hall–Kier alpha value is -3.81. The molecule has 0 spiro atoms. The van der Waals surface area contributed by atoms with Crippen LogP contribution in [0.5, 0.6) is 0 Å². The van der Waals surface area contributed by atoms with Gasteiger partial charge in [-0.15, -0.1) is 0 Å². The zero-order valence-corrected chi connectivity index (χ0v) is 15.4. The molecular weight excluding hydrogens is 362 g/mol. The highest BCUT2D eigenvalue weighted by Gasteiger charge is 2.18. The molecule has 3 N–H and O–H groups in total. The van der Waals surface area contributed by atoms with Gasteiger partial charge >= 0.3 is 17.6 Å². The Labute approximate surface area is 160 Å². The summed E-state index contributed by atoms with van der Waals surface area (Å²) >= 11 is 0. The molecule has 28 heavy (non-hydrogen) atoms. The highest BCUT2D eigenvalue weighted by atomic mass is 16.5. The van der Waals surface area contributed by atoms with Crippen LogP contribution in [-0.2, 0) is 4.74 Å². The number of rotatable bonds is 5. The number of hydrogen-bond donors (Lipinski definition) is 3. The molecule has 0 aliphatic heterocycles. The highest BCUT2D eigenvalue weighted by molar-refractivity contribution is 6.08. The molecule has 0 atom stereocenters. The normalized spacial score (nSPS) is 10.4. The van der Waals surface area contributed by atoms with Crippen molar-refractivity contribution >= 4 is 40.0 Å². The van der Waals surface area contributed by atoms with Crippen molar-refractivity contribution in [2.24, 2.45) is 0 Å². The van der Waals surface area contributed by atoms with E-state index in [2.05, 4.69) is 16.0 Å². The quantitative estimate of drug-likeness (QED) is 0.460. The number of para-hydroxylation sites is 2. The lowest BCUT2D eigenvalue weighted by Gasteiger charge is -2.14. The number of esters is 1. The molecule has 0 fully saturated rings. The van der Waals surface area contributed by atoms with Gasteiger partial charge in [0, 0.05) is 11.9 Å². The van der Waals surface area contributed by atoms with E-state index in [1.807, 2.05) is 6.92 Å². The third-order valence-electron chi connectivity index (χ3n) is 3.99. The van der Waals surface area contributed by atoms with E-state index < -0.39 is 17.6 Å².